The maximum Gasteiger partial charge on any atom is 0.170 e. The number of ether oxygens (including phenoxy) is 3. The summed E-state index contributed by atoms with van der Waals surface area (Å²) in [5, 5.41) is 0. The normalized spacial score (nSPS) is 26.5. The number of ketones is 1. The lowest BCUT2D eigenvalue weighted by Gasteiger charge is -2.37. The van der Waals surface area contributed by atoms with Crippen molar-refractivity contribution < 1.29 is 19.0 Å². The largest absolute Gasteiger partial charge is 0.497 e. The summed E-state index contributed by atoms with van der Waals surface area (Å²) in [5.41, 5.74) is 0.282. The Morgan fingerprint density at radius 1 is 1.26 bits per heavy atom. The Morgan fingerprint density at radius 3 is 3.00 bits per heavy atom. The third kappa shape index (κ3) is 2.32. The van der Waals surface area contributed by atoms with Crippen LogP contribution in [-0.2, 0) is 4.74 Å². The Balaban J connectivity index is 1.95. The molecule has 3 rings (SSSR count). The molecule has 2 aliphatic heterocycles. The molecule has 0 saturated carbocycles. The van der Waals surface area contributed by atoms with E-state index < -0.39 is 0 Å². The van der Waals surface area contributed by atoms with Crippen molar-refractivity contribution in [2.45, 2.75) is 31.3 Å². The number of hydrogen-bond acceptors (Lipinski definition) is 4. The van der Waals surface area contributed by atoms with E-state index in [-0.39, 0.29) is 11.4 Å². The monoisotopic (exact) mass is 262 g/mol. The number of fused-ring (bicyclic) bond motifs is 1. The van der Waals surface area contributed by atoms with E-state index in [0.717, 1.165) is 25.9 Å². The molecule has 0 radical (unpaired) electrons. The summed E-state index contributed by atoms with van der Waals surface area (Å²) >= 11 is 0. The summed E-state index contributed by atoms with van der Waals surface area (Å²) in [6.07, 6.45) is 3.03. The van der Waals surface area contributed by atoms with E-state index in [1.165, 1.54) is 0 Å². The fourth-order valence-corrected chi connectivity index (χ4v) is 2.86. The molecule has 0 bridgehead atoms. The van der Waals surface area contributed by atoms with Gasteiger partial charge in [-0.05, 0) is 25.0 Å². The molecular weight excluding hydrogens is 244 g/mol. The average molecular weight is 262 g/mol. The molecular formula is C15H18O4. The number of carbonyl (C=O) groups excluding carboxylic acids is 1. The molecule has 1 aromatic rings. The average Bonchev–Trinajstić information content (AvgIpc) is 2.63. The van der Waals surface area contributed by atoms with E-state index in [4.69, 9.17) is 14.2 Å². The van der Waals surface area contributed by atoms with E-state index in [2.05, 4.69) is 0 Å². The molecule has 0 N–H and O–H groups in total. The first-order valence-electron chi connectivity index (χ1n) is 6.70. The number of benzene rings is 1. The molecule has 4 nitrogen and oxygen atoms in total. The highest BCUT2D eigenvalue weighted by Crippen LogP contribution is 2.40. The van der Waals surface area contributed by atoms with Gasteiger partial charge in [0.05, 0.1) is 25.7 Å². The lowest BCUT2D eigenvalue weighted by atomic mass is 9.84. The van der Waals surface area contributed by atoms with Gasteiger partial charge in [-0.1, -0.05) is 0 Å². The Labute approximate surface area is 112 Å². The van der Waals surface area contributed by atoms with Crippen LogP contribution in [0.1, 0.15) is 36.0 Å². The predicted octanol–water partition coefficient (Wildman–Crippen LogP) is 2.60. The molecule has 102 valence electrons. The minimum atomic E-state index is -0.382. The van der Waals surface area contributed by atoms with Gasteiger partial charge in [-0.3, -0.25) is 4.79 Å². The van der Waals surface area contributed by atoms with Crippen LogP contribution in [-0.4, -0.2) is 31.7 Å². The predicted molar refractivity (Wildman–Crippen MR) is 70.0 cm³/mol. The molecule has 19 heavy (non-hydrogen) atoms. The fraction of sp³-hybridized carbons (Fsp3) is 0.533. The van der Waals surface area contributed by atoms with E-state index in [1.807, 2.05) is 0 Å². The number of Topliss-reactive ketones (excluding diaryl/α,β-unsaturated/α-hetero) is 1. The zero-order chi connectivity index (χ0) is 13.3. The number of carbonyl (C=O) groups is 1. The second-order valence-corrected chi connectivity index (χ2v) is 5.21. The molecule has 1 saturated heterocycles. The van der Waals surface area contributed by atoms with Gasteiger partial charge in [0.2, 0.25) is 0 Å². The molecule has 1 fully saturated rings. The van der Waals surface area contributed by atoms with Gasteiger partial charge in [-0.2, -0.15) is 0 Å². The SMILES string of the molecule is COc1ccc2c(c1)OC1(CCCOCC1)CC2=O. The highest BCUT2D eigenvalue weighted by Gasteiger charge is 2.40. The first kappa shape index (κ1) is 12.5. The van der Waals surface area contributed by atoms with Gasteiger partial charge in [-0.15, -0.1) is 0 Å². The van der Waals surface area contributed by atoms with Crippen molar-refractivity contribution in [3.8, 4) is 11.5 Å². The Morgan fingerprint density at radius 2 is 2.16 bits per heavy atom. The van der Waals surface area contributed by atoms with Crippen molar-refractivity contribution in [1.29, 1.82) is 0 Å². The van der Waals surface area contributed by atoms with Crippen molar-refractivity contribution in [1.82, 2.24) is 0 Å². The van der Waals surface area contributed by atoms with Gasteiger partial charge < -0.3 is 14.2 Å². The van der Waals surface area contributed by atoms with Crippen LogP contribution < -0.4 is 9.47 Å². The van der Waals surface area contributed by atoms with Crippen molar-refractivity contribution in [2.24, 2.45) is 0 Å². The van der Waals surface area contributed by atoms with Crippen LogP contribution in [0.2, 0.25) is 0 Å². The maximum absolute atomic E-state index is 12.3. The number of rotatable bonds is 1. The molecule has 1 unspecified atom stereocenters. The van der Waals surface area contributed by atoms with E-state index >= 15 is 0 Å². The van der Waals surface area contributed by atoms with Crippen LogP contribution in [0.15, 0.2) is 18.2 Å². The standard InChI is InChI=1S/C15H18O4/c1-17-11-3-4-12-13(16)10-15(19-14(12)9-11)5-2-7-18-8-6-15/h3-4,9H,2,5-8,10H2,1H3. The molecule has 0 aliphatic carbocycles. The molecule has 1 aromatic carbocycles. The molecule has 0 aromatic heterocycles. The summed E-state index contributed by atoms with van der Waals surface area (Å²) in [5.74, 6) is 1.52. The van der Waals surface area contributed by atoms with Gasteiger partial charge in [-0.25, -0.2) is 0 Å². The second kappa shape index (κ2) is 4.85. The summed E-state index contributed by atoms with van der Waals surface area (Å²) < 4.78 is 16.8. The topological polar surface area (TPSA) is 44.8 Å². The summed E-state index contributed by atoms with van der Waals surface area (Å²) in [6.45, 7) is 1.41. The molecule has 1 atom stereocenters. The third-order valence-electron chi connectivity index (χ3n) is 3.92. The molecule has 2 heterocycles. The van der Waals surface area contributed by atoms with Crippen LogP contribution in [0.5, 0.6) is 11.5 Å². The van der Waals surface area contributed by atoms with Gasteiger partial charge in [0.1, 0.15) is 17.1 Å². The highest BCUT2D eigenvalue weighted by molar-refractivity contribution is 6.00. The van der Waals surface area contributed by atoms with Crippen molar-refractivity contribution in [2.75, 3.05) is 20.3 Å². The zero-order valence-electron chi connectivity index (χ0n) is 11.1. The maximum atomic E-state index is 12.3. The van der Waals surface area contributed by atoms with Crippen LogP contribution >= 0.6 is 0 Å². The lowest BCUT2D eigenvalue weighted by Crippen LogP contribution is -2.42. The van der Waals surface area contributed by atoms with Gasteiger partial charge in [0.15, 0.2) is 5.78 Å². The Bertz CT molecular complexity index is 487. The highest BCUT2D eigenvalue weighted by atomic mass is 16.5. The van der Waals surface area contributed by atoms with Crippen molar-refractivity contribution in [3.05, 3.63) is 23.8 Å². The molecule has 2 aliphatic rings. The molecule has 4 heteroatoms. The third-order valence-corrected chi connectivity index (χ3v) is 3.92. The first-order chi connectivity index (χ1) is 9.22. The molecule has 1 spiro atoms. The van der Waals surface area contributed by atoms with Crippen LogP contribution in [0, 0.1) is 0 Å². The van der Waals surface area contributed by atoms with E-state index in [9.17, 15) is 4.79 Å². The van der Waals surface area contributed by atoms with Crippen LogP contribution in [0.4, 0.5) is 0 Å². The summed E-state index contributed by atoms with van der Waals surface area (Å²) in [6, 6.07) is 5.39. The lowest BCUT2D eigenvalue weighted by molar-refractivity contribution is 0.0246. The minimum absolute atomic E-state index is 0.158. The summed E-state index contributed by atoms with van der Waals surface area (Å²) in [4.78, 5) is 12.3. The quantitative estimate of drug-likeness (QED) is 0.780. The van der Waals surface area contributed by atoms with Crippen molar-refractivity contribution >= 4 is 5.78 Å². The van der Waals surface area contributed by atoms with Gasteiger partial charge in [0, 0.05) is 19.1 Å². The van der Waals surface area contributed by atoms with Gasteiger partial charge >= 0.3 is 0 Å². The first-order valence-corrected chi connectivity index (χ1v) is 6.70. The van der Waals surface area contributed by atoms with Crippen LogP contribution in [0.25, 0.3) is 0 Å². The number of hydrogen-bond donors (Lipinski definition) is 0. The molecule has 0 amide bonds. The smallest absolute Gasteiger partial charge is 0.170 e. The van der Waals surface area contributed by atoms with E-state index in [0.29, 0.717) is 30.1 Å². The Kier molecular flexibility index (Phi) is 3.19. The minimum Gasteiger partial charge on any atom is -0.497 e. The summed E-state index contributed by atoms with van der Waals surface area (Å²) in [7, 11) is 1.61. The van der Waals surface area contributed by atoms with E-state index in [1.54, 1.807) is 25.3 Å². The second-order valence-electron chi connectivity index (χ2n) is 5.21. The number of methoxy groups -OCH3 is 1. The van der Waals surface area contributed by atoms with Crippen LogP contribution in [0.3, 0.4) is 0 Å². The fourth-order valence-electron chi connectivity index (χ4n) is 2.86. The Hall–Kier alpha value is -1.55. The van der Waals surface area contributed by atoms with Gasteiger partial charge in [0.25, 0.3) is 0 Å². The van der Waals surface area contributed by atoms with Crippen molar-refractivity contribution in [3.63, 3.8) is 0 Å². The zero-order valence-corrected chi connectivity index (χ0v) is 11.1.